The second-order valence-corrected chi connectivity index (χ2v) is 5.78. The number of amides is 1. The molecule has 2 heterocycles. The van der Waals surface area contributed by atoms with E-state index in [-0.39, 0.29) is 17.8 Å². The van der Waals surface area contributed by atoms with Crippen LogP contribution in [-0.2, 0) is 7.05 Å². The topological polar surface area (TPSA) is 38.1 Å². The molecule has 1 aromatic carbocycles. The Balaban J connectivity index is 1.89. The van der Waals surface area contributed by atoms with Crippen molar-refractivity contribution in [2.75, 3.05) is 6.54 Å². The first-order valence-electron chi connectivity index (χ1n) is 7.71. The van der Waals surface area contributed by atoms with Crippen LogP contribution in [-0.4, -0.2) is 27.1 Å². The molecule has 3 rings (SSSR count). The first-order valence-corrected chi connectivity index (χ1v) is 7.71. The molecule has 0 aliphatic carbocycles. The molecule has 2 aromatic rings. The zero-order valence-electron chi connectivity index (χ0n) is 12.7. The number of likely N-dealkylation sites (tertiary alicyclic amines) is 1. The van der Waals surface area contributed by atoms with E-state index < -0.39 is 0 Å². The van der Waals surface area contributed by atoms with E-state index in [4.69, 9.17) is 0 Å². The van der Waals surface area contributed by atoms with Gasteiger partial charge in [0.25, 0.3) is 5.91 Å². The van der Waals surface area contributed by atoms with E-state index in [0.29, 0.717) is 5.56 Å². The molecule has 0 radical (unpaired) electrons. The molecule has 0 saturated carbocycles. The molecule has 0 spiro atoms. The molecule has 22 heavy (non-hydrogen) atoms. The maximum Gasteiger partial charge on any atom is 0.254 e. The van der Waals surface area contributed by atoms with Gasteiger partial charge in [0.15, 0.2) is 0 Å². The van der Waals surface area contributed by atoms with Crippen molar-refractivity contribution in [1.29, 1.82) is 0 Å². The maximum absolute atomic E-state index is 13.1. The third kappa shape index (κ3) is 3.03. The van der Waals surface area contributed by atoms with Crippen LogP contribution in [0.25, 0.3) is 0 Å². The molecular formula is C17H20FN3O. The van der Waals surface area contributed by atoms with Crippen LogP contribution in [0.3, 0.4) is 0 Å². The van der Waals surface area contributed by atoms with Gasteiger partial charge in [-0.15, -0.1) is 0 Å². The van der Waals surface area contributed by atoms with Gasteiger partial charge in [-0.05, 0) is 43.2 Å². The number of halogens is 1. The molecule has 1 amide bonds. The molecule has 1 saturated heterocycles. The molecule has 1 atom stereocenters. The Morgan fingerprint density at radius 1 is 1.18 bits per heavy atom. The van der Waals surface area contributed by atoms with Gasteiger partial charge in [-0.2, -0.15) is 5.10 Å². The fourth-order valence-electron chi connectivity index (χ4n) is 3.03. The highest BCUT2D eigenvalue weighted by Crippen LogP contribution is 2.30. The number of nitrogens with zero attached hydrogens (tertiary/aromatic N) is 3. The van der Waals surface area contributed by atoms with Crippen molar-refractivity contribution < 1.29 is 9.18 Å². The maximum atomic E-state index is 13.1. The highest BCUT2D eigenvalue weighted by Gasteiger charge is 2.28. The van der Waals surface area contributed by atoms with Crippen LogP contribution in [0.4, 0.5) is 4.39 Å². The molecule has 116 valence electrons. The minimum absolute atomic E-state index is 0.00116. The van der Waals surface area contributed by atoms with E-state index in [2.05, 4.69) is 5.10 Å². The Morgan fingerprint density at radius 2 is 1.95 bits per heavy atom. The standard InChI is InChI=1S/C17H20FN3O/c1-20-12-10-15(19-20)16-5-3-2-4-11-21(16)17(22)13-6-8-14(18)9-7-13/h6-10,12,16H,2-5,11H2,1H3. The van der Waals surface area contributed by atoms with Crippen molar-refractivity contribution in [2.24, 2.45) is 7.05 Å². The van der Waals surface area contributed by atoms with Crippen LogP contribution in [0.2, 0.25) is 0 Å². The third-order valence-corrected chi connectivity index (χ3v) is 4.18. The summed E-state index contributed by atoms with van der Waals surface area (Å²) in [7, 11) is 1.88. The van der Waals surface area contributed by atoms with Crippen molar-refractivity contribution >= 4 is 5.91 Å². The van der Waals surface area contributed by atoms with Gasteiger partial charge in [0.2, 0.25) is 0 Å². The molecule has 0 N–H and O–H groups in total. The first-order chi connectivity index (χ1) is 10.6. The van der Waals surface area contributed by atoms with Crippen molar-refractivity contribution in [1.82, 2.24) is 14.7 Å². The van der Waals surface area contributed by atoms with E-state index in [1.165, 1.54) is 12.1 Å². The number of carbonyl (C=O) groups excluding carboxylic acids is 1. The lowest BCUT2D eigenvalue weighted by Gasteiger charge is -2.29. The number of hydrogen-bond acceptors (Lipinski definition) is 2. The van der Waals surface area contributed by atoms with Crippen LogP contribution in [0.1, 0.15) is 47.8 Å². The van der Waals surface area contributed by atoms with Crippen LogP contribution < -0.4 is 0 Å². The molecule has 1 fully saturated rings. The van der Waals surface area contributed by atoms with Crippen LogP contribution in [0, 0.1) is 5.82 Å². The average Bonchev–Trinajstić information content (AvgIpc) is 2.81. The van der Waals surface area contributed by atoms with Crippen molar-refractivity contribution in [3.8, 4) is 0 Å². The fraction of sp³-hybridized carbons (Fsp3) is 0.412. The summed E-state index contributed by atoms with van der Waals surface area (Å²) in [6.45, 7) is 0.720. The summed E-state index contributed by atoms with van der Waals surface area (Å²) < 4.78 is 14.8. The van der Waals surface area contributed by atoms with Crippen molar-refractivity contribution in [2.45, 2.75) is 31.7 Å². The SMILES string of the molecule is Cn1ccc(C2CCCCCN2C(=O)c2ccc(F)cc2)n1. The molecule has 1 aliphatic heterocycles. The van der Waals surface area contributed by atoms with Gasteiger partial charge >= 0.3 is 0 Å². The van der Waals surface area contributed by atoms with E-state index in [0.717, 1.165) is 37.9 Å². The number of carbonyl (C=O) groups is 1. The average molecular weight is 301 g/mol. The summed E-state index contributed by atoms with van der Waals surface area (Å²) in [6, 6.07) is 7.75. The summed E-state index contributed by atoms with van der Waals surface area (Å²) in [5.41, 5.74) is 1.46. The molecule has 0 bridgehead atoms. The Bertz CT molecular complexity index is 650. The van der Waals surface area contributed by atoms with Gasteiger partial charge in [-0.25, -0.2) is 4.39 Å². The van der Waals surface area contributed by atoms with Gasteiger partial charge < -0.3 is 4.90 Å². The Kier molecular flexibility index (Phi) is 4.22. The lowest BCUT2D eigenvalue weighted by Crippen LogP contribution is -2.35. The molecule has 4 nitrogen and oxygen atoms in total. The molecule has 1 aromatic heterocycles. The van der Waals surface area contributed by atoms with E-state index in [9.17, 15) is 9.18 Å². The van der Waals surface area contributed by atoms with Crippen molar-refractivity contribution in [3.63, 3.8) is 0 Å². The van der Waals surface area contributed by atoms with Crippen LogP contribution in [0.5, 0.6) is 0 Å². The van der Waals surface area contributed by atoms with E-state index >= 15 is 0 Å². The van der Waals surface area contributed by atoms with Gasteiger partial charge in [-0.3, -0.25) is 9.48 Å². The lowest BCUT2D eigenvalue weighted by atomic mass is 10.1. The minimum Gasteiger partial charge on any atom is -0.330 e. The van der Waals surface area contributed by atoms with Gasteiger partial charge in [0, 0.05) is 25.4 Å². The number of aromatic nitrogens is 2. The third-order valence-electron chi connectivity index (χ3n) is 4.18. The summed E-state index contributed by atoms with van der Waals surface area (Å²) in [4.78, 5) is 14.7. The monoisotopic (exact) mass is 301 g/mol. The molecule has 1 aliphatic rings. The summed E-state index contributed by atoms with van der Waals surface area (Å²) in [6.07, 6.45) is 6.03. The van der Waals surface area contributed by atoms with Crippen LogP contribution >= 0.6 is 0 Å². The van der Waals surface area contributed by atoms with Crippen LogP contribution in [0.15, 0.2) is 36.5 Å². The Morgan fingerprint density at radius 3 is 2.64 bits per heavy atom. The number of benzene rings is 1. The van der Waals surface area contributed by atoms with Gasteiger partial charge in [0.05, 0.1) is 11.7 Å². The minimum atomic E-state index is -0.325. The summed E-state index contributed by atoms with van der Waals surface area (Å²) in [5.74, 6) is -0.369. The zero-order chi connectivity index (χ0) is 15.5. The predicted octanol–water partition coefficient (Wildman–Crippen LogP) is 3.32. The number of rotatable bonds is 2. The smallest absolute Gasteiger partial charge is 0.254 e. The quantitative estimate of drug-likeness (QED) is 0.853. The number of hydrogen-bond donors (Lipinski definition) is 0. The van der Waals surface area contributed by atoms with E-state index in [1.807, 2.05) is 24.2 Å². The molecular weight excluding hydrogens is 281 g/mol. The summed E-state index contributed by atoms with van der Waals surface area (Å²) in [5, 5.41) is 4.48. The second kappa shape index (κ2) is 6.30. The van der Waals surface area contributed by atoms with Gasteiger partial charge in [0.1, 0.15) is 5.82 Å². The highest BCUT2D eigenvalue weighted by atomic mass is 19.1. The van der Waals surface area contributed by atoms with Crippen molar-refractivity contribution in [3.05, 3.63) is 53.6 Å². The Labute approximate surface area is 129 Å². The highest BCUT2D eigenvalue weighted by molar-refractivity contribution is 5.94. The largest absolute Gasteiger partial charge is 0.330 e. The summed E-state index contributed by atoms with van der Waals surface area (Å²) >= 11 is 0. The van der Waals surface area contributed by atoms with Gasteiger partial charge in [-0.1, -0.05) is 12.8 Å². The Hall–Kier alpha value is -2.17. The molecule has 1 unspecified atom stereocenters. The zero-order valence-corrected chi connectivity index (χ0v) is 12.7. The molecule has 5 heteroatoms. The normalized spacial score (nSPS) is 19.0. The second-order valence-electron chi connectivity index (χ2n) is 5.78. The fourth-order valence-corrected chi connectivity index (χ4v) is 3.03. The number of aryl methyl sites for hydroxylation is 1. The first kappa shape index (κ1) is 14.8. The predicted molar refractivity (Wildman–Crippen MR) is 81.9 cm³/mol. The van der Waals surface area contributed by atoms with E-state index in [1.54, 1.807) is 16.8 Å². The lowest BCUT2D eigenvalue weighted by molar-refractivity contribution is 0.0676.